The van der Waals surface area contributed by atoms with Crippen LogP contribution in [0.3, 0.4) is 0 Å². The van der Waals surface area contributed by atoms with Gasteiger partial charge in [-0.05, 0) is 55.2 Å². The molecule has 0 spiro atoms. The lowest BCUT2D eigenvalue weighted by atomic mass is 9.63. The monoisotopic (exact) mass is 371 g/mol. The van der Waals surface area contributed by atoms with Crippen LogP contribution in [0.15, 0.2) is 42.5 Å². The minimum atomic E-state index is -0.465. The van der Waals surface area contributed by atoms with Crippen LogP contribution in [-0.4, -0.2) is 19.1 Å². The summed E-state index contributed by atoms with van der Waals surface area (Å²) in [6.45, 7) is 3.11. The highest BCUT2D eigenvalue weighted by atomic mass is 35.5. The number of rotatable bonds is 4. The Hall–Kier alpha value is -2.20. The minimum absolute atomic E-state index is 0.0633. The Morgan fingerprint density at radius 1 is 1.12 bits per heavy atom. The van der Waals surface area contributed by atoms with Crippen molar-refractivity contribution in [3.05, 3.63) is 58.6 Å². The SMILES string of the molecule is CC(NC(=O)C1(c2cccc(Cl)c2)CCC1)c1ccc2c(c1)OCCO2. The molecule has 1 N–H and O–H groups in total. The van der Waals surface area contributed by atoms with Crippen LogP contribution in [0, 0.1) is 0 Å². The van der Waals surface area contributed by atoms with Crippen molar-refractivity contribution < 1.29 is 14.3 Å². The fraction of sp³-hybridized carbons (Fsp3) is 0.381. The number of ether oxygens (including phenoxy) is 2. The fourth-order valence-corrected chi connectivity index (χ4v) is 3.90. The third-order valence-corrected chi connectivity index (χ3v) is 5.67. The van der Waals surface area contributed by atoms with Crippen molar-refractivity contribution in [2.45, 2.75) is 37.6 Å². The maximum Gasteiger partial charge on any atom is 0.231 e. The first-order valence-corrected chi connectivity index (χ1v) is 9.43. The van der Waals surface area contributed by atoms with E-state index in [1.807, 2.05) is 49.4 Å². The molecule has 2 aliphatic rings. The molecule has 1 heterocycles. The van der Waals surface area contributed by atoms with E-state index in [4.69, 9.17) is 21.1 Å². The van der Waals surface area contributed by atoms with Crippen LogP contribution in [0.4, 0.5) is 0 Å². The van der Waals surface area contributed by atoms with Gasteiger partial charge in [-0.1, -0.05) is 36.2 Å². The van der Waals surface area contributed by atoms with E-state index >= 15 is 0 Å². The molecule has 2 aromatic carbocycles. The third kappa shape index (κ3) is 3.03. The first-order valence-electron chi connectivity index (χ1n) is 9.05. The van der Waals surface area contributed by atoms with Crippen LogP contribution >= 0.6 is 11.6 Å². The van der Waals surface area contributed by atoms with Gasteiger partial charge in [0.2, 0.25) is 5.91 Å². The largest absolute Gasteiger partial charge is 0.486 e. The topological polar surface area (TPSA) is 47.6 Å². The lowest BCUT2D eigenvalue weighted by Crippen LogP contribution is -2.49. The smallest absolute Gasteiger partial charge is 0.231 e. The Kier molecular flexibility index (Phi) is 4.53. The standard InChI is InChI=1S/C21H22ClNO3/c1-14(15-6-7-18-19(12-15)26-11-10-25-18)23-20(24)21(8-3-9-21)16-4-2-5-17(22)13-16/h2,4-7,12-14H,3,8-11H2,1H3,(H,23,24). The van der Waals surface area contributed by atoms with Gasteiger partial charge in [0.25, 0.3) is 0 Å². The summed E-state index contributed by atoms with van der Waals surface area (Å²) >= 11 is 6.15. The lowest BCUT2D eigenvalue weighted by Gasteiger charge is -2.41. The summed E-state index contributed by atoms with van der Waals surface area (Å²) in [5, 5.41) is 3.85. The first kappa shape index (κ1) is 17.2. The van der Waals surface area contributed by atoms with Gasteiger partial charge < -0.3 is 14.8 Å². The van der Waals surface area contributed by atoms with E-state index in [-0.39, 0.29) is 11.9 Å². The number of carbonyl (C=O) groups excluding carboxylic acids is 1. The van der Waals surface area contributed by atoms with Crippen molar-refractivity contribution in [1.29, 1.82) is 0 Å². The van der Waals surface area contributed by atoms with Gasteiger partial charge in [0.1, 0.15) is 13.2 Å². The molecule has 1 atom stereocenters. The molecule has 1 saturated carbocycles. The molecule has 136 valence electrons. The summed E-state index contributed by atoms with van der Waals surface area (Å²) in [4.78, 5) is 13.1. The molecule has 26 heavy (non-hydrogen) atoms. The van der Waals surface area contributed by atoms with Gasteiger partial charge in [0.05, 0.1) is 11.5 Å². The molecule has 4 rings (SSSR count). The second-order valence-corrected chi connectivity index (χ2v) is 7.48. The van der Waals surface area contributed by atoms with Gasteiger partial charge >= 0.3 is 0 Å². The predicted molar refractivity (Wildman–Crippen MR) is 101 cm³/mol. The molecule has 2 aromatic rings. The molecule has 0 radical (unpaired) electrons. The van der Waals surface area contributed by atoms with Crippen molar-refractivity contribution in [2.75, 3.05) is 13.2 Å². The molecule has 0 aromatic heterocycles. The Morgan fingerprint density at radius 3 is 2.58 bits per heavy atom. The van der Waals surface area contributed by atoms with Gasteiger partial charge in [-0.25, -0.2) is 0 Å². The first-order chi connectivity index (χ1) is 12.6. The van der Waals surface area contributed by atoms with E-state index in [0.717, 1.165) is 41.9 Å². The normalized spacial score (nSPS) is 18.5. The molecule has 1 fully saturated rings. The van der Waals surface area contributed by atoms with Crippen LogP contribution < -0.4 is 14.8 Å². The average Bonchev–Trinajstić information content (AvgIpc) is 2.60. The minimum Gasteiger partial charge on any atom is -0.486 e. The van der Waals surface area contributed by atoms with E-state index in [1.165, 1.54) is 0 Å². The van der Waals surface area contributed by atoms with E-state index in [2.05, 4.69) is 5.32 Å². The van der Waals surface area contributed by atoms with Crippen LogP contribution in [0.1, 0.15) is 43.4 Å². The van der Waals surface area contributed by atoms with Crippen LogP contribution in [0.2, 0.25) is 5.02 Å². The number of hydrogen-bond acceptors (Lipinski definition) is 3. The van der Waals surface area contributed by atoms with E-state index in [0.29, 0.717) is 18.2 Å². The molecular formula is C21H22ClNO3. The second-order valence-electron chi connectivity index (χ2n) is 7.04. The van der Waals surface area contributed by atoms with Gasteiger partial charge in [0, 0.05) is 5.02 Å². The van der Waals surface area contributed by atoms with Crippen LogP contribution in [0.5, 0.6) is 11.5 Å². The molecule has 4 nitrogen and oxygen atoms in total. The van der Waals surface area contributed by atoms with Crippen LogP contribution in [0.25, 0.3) is 0 Å². The number of halogens is 1. The van der Waals surface area contributed by atoms with Gasteiger partial charge in [-0.15, -0.1) is 0 Å². The molecule has 1 aliphatic heterocycles. The molecule has 1 aliphatic carbocycles. The molecule has 1 unspecified atom stereocenters. The summed E-state index contributed by atoms with van der Waals surface area (Å²) in [5.41, 5.74) is 1.54. The van der Waals surface area contributed by atoms with Crippen molar-refractivity contribution in [3.8, 4) is 11.5 Å². The Morgan fingerprint density at radius 2 is 1.88 bits per heavy atom. The van der Waals surface area contributed by atoms with Crippen molar-refractivity contribution >= 4 is 17.5 Å². The van der Waals surface area contributed by atoms with Crippen LogP contribution in [-0.2, 0) is 10.2 Å². The maximum absolute atomic E-state index is 13.1. The van der Waals surface area contributed by atoms with Gasteiger partial charge in [-0.3, -0.25) is 4.79 Å². The molecule has 1 amide bonds. The van der Waals surface area contributed by atoms with Crippen molar-refractivity contribution in [3.63, 3.8) is 0 Å². The molecular weight excluding hydrogens is 350 g/mol. The summed E-state index contributed by atoms with van der Waals surface area (Å²) in [5.74, 6) is 1.56. The van der Waals surface area contributed by atoms with E-state index in [1.54, 1.807) is 0 Å². The number of fused-ring (bicyclic) bond motifs is 1. The highest BCUT2D eigenvalue weighted by molar-refractivity contribution is 6.30. The number of benzene rings is 2. The predicted octanol–water partition coefficient (Wildman–Crippen LogP) is 4.41. The Bertz CT molecular complexity index is 832. The van der Waals surface area contributed by atoms with E-state index < -0.39 is 5.41 Å². The number of carbonyl (C=O) groups is 1. The summed E-state index contributed by atoms with van der Waals surface area (Å²) in [6, 6.07) is 13.4. The van der Waals surface area contributed by atoms with Gasteiger partial charge in [-0.2, -0.15) is 0 Å². The zero-order chi connectivity index (χ0) is 18.1. The quantitative estimate of drug-likeness (QED) is 0.865. The van der Waals surface area contributed by atoms with E-state index in [9.17, 15) is 4.79 Å². The highest BCUT2D eigenvalue weighted by Crippen LogP contribution is 2.45. The molecule has 5 heteroatoms. The maximum atomic E-state index is 13.1. The Labute approximate surface area is 158 Å². The summed E-state index contributed by atoms with van der Waals surface area (Å²) < 4.78 is 11.2. The third-order valence-electron chi connectivity index (χ3n) is 5.43. The summed E-state index contributed by atoms with van der Waals surface area (Å²) in [6.07, 6.45) is 2.76. The average molecular weight is 372 g/mol. The number of amides is 1. The summed E-state index contributed by atoms with van der Waals surface area (Å²) in [7, 11) is 0. The zero-order valence-corrected chi connectivity index (χ0v) is 15.5. The highest BCUT2D eigenvalue weighted by Gasteiger charge is 2.46. The van der Waals surface area contributed by atoms with Crippen molar-refractivity contribution in [2.24, 2.45) is 0 Å². The molecule has 0 saturated heterocycles. The Balaban J connectivity index is 1.53. The zero-order valence-electron chi connectivity index (χ0n) is 14.8. The fourth-order valence-electron chi connectivity index (χ4n) is 3.71. The number of hydrogen-bond donors (Lipinski definition) is 1. The lowest BCUT2D eigenvalue weighted by molar-refractivity contribution is -0.130. The second kappa shape index (κ2) is 6.84. The van der Waals surface area contributed by atoms with Crippen molar-refractivity contribution in [1.82, 2.24) is 5.32 Å². The van der Waals surface area contributed by atoms with Gasteiger partial charge in [0.15, 0.2) is 11.5 Å². The number of nitrogens with one attached hydrogen (secondary N) is 1. The molecule has 0 bridgehead atoms.